The minimum absolute atomic E-state index is 0.123. The Morgan fingerprint density at radius 3 is 2.70 bits per heavy atom. The van der Waals surface area contributed by atoms with Crippen LogP contribution in [0.25, 0.3) is 10.9 Å². The van der Waals surface area contributed by atoms with Crippen molar-refractivity contribution in [2.24, 2.45) is 0 Å². The zero-order valence-corrected chi connectivity index (χ0v) is 12.7. The van der Waals surface area contributed by atoms with Gasteiger partial charge in [0.25, 0.3) is 5.91 Å². The first-order valence-electron chi connectivity index (χ1n) is 6.15. The van der Waals surface area contributed by atoms with E-state index in [9.17, 15) is 4.79 Å². The minimum atomic E-state index is -0.123. The Kier molecular flexibility index (Phi) is 3.64. The Labute approximate surface area is 130 Å². The van der Waals surface area contributed by atoms with E-state index >= 15 is 0 Å². The van der Waals surface area contributed by atoms with Gasteiger partial charge >= 0.3 is 0 Å². The molecule has 0 aliphatic rings. The maximum atomic E-state index is 12.3. The summed E-state index contributed by atoms with van der Waals surface area (Å²) < 4.78 is 1.03. The third-order valence-electron chi connectivity index (χ3n) is 2.97. The number of nitrogens with one attached hydrogen (secondary N) is 1. The van der Waals surface area contributed by atoms with Gasteiger partial charge in [0.15, 0.2) is 0 Å². The van der Waals surface area contributed by atoms with Crippen molar-refractivity contribution in [3.63, 3.8) is 0 Å². The molecule has 0 radical (unpaired) electrons. The van der Waals surface area contributed by atoms with Crippen molar-refractivity contribution in [2.75, 3.05) is 5.32 Å². The predicted octanol–water partition coefficient (Wildman–Crippen LogP) is 4.09. The molecule has 0 fully saturated rings. The van der Waals surface area contributed by atoms with E-state index in [1.54, 1.807) is 12.3 Å². The molecule has 0 aliphatic heterocycles. The summed E-state index contributed by atoms with van der Waals surface area (Å²) in [5, 5.41) is 3.93. The van der Waals surface area contributed by atoms with Gasteiger partial charge in [-0.25, -0.2) is 0 Å². The highest BCUT2D eigenvalue weighted by atomic mass is 127. The summed E-state index contributed by atoms with van der Waals surface area (Å²) in [5.41, 5.74) is 2.17. The molecule has 0 spiro atoms. The van der Waals surface area contributed by atoms with E-state index in [0.717, 1.165) is 20.2 Å². The number of carbonyl (C=O) groups is 1. The fourth-order valence-electron chi connectivity index (χ4n) is 2.03. The Morgan fingerprint density at radius 1 is 1.05 bits per heavy atom. The van der Waals surface area contributed by atoms with Crippen LogP contribution in [0.2, 0.25) is 0 Å². The second-order valence-corrected chi connectivity index (χ2v) is 5.59. The van der Waals surface area contributed by atoms with Crippen LogP contribution in [0.5, 0.6) is 0 Å². The van der Waals surface area contributed by atoms with Crippen molar-refractivity contribution < 1.29 is 4.79 Å². The Bertz CT molecular complexity index is 781. The number of halogens is 1. The fraction of sp³-hybridized carbons (Fsp3) is 0. The molecular weight excluding hydrogens is 363 g/mol. The number of para-hydroxylation sites is 1. The number of fused-ring (bicyclic) bond motifs is 1. The summed E-state index contributed by atoms with van der Waals surface area (Å²) in [5.74, 6) is -0.123. The molecule has 3 aromatic rings. The summed E-state index contributed by atoms with van der Waals surface area (Å²) >= 11 is 2.19. The topological polar surface area (TPSA) is 42.0 Å². The third kappa shape index (κ3) is 2.65. The van der Waals surface area contributed by atoms with E-state index in [2.05, 4.69) is 32.9 Å². The number of hydrogen-bond donors (Lipinski definition) is 1. The third-order valence-corrected chi connectivity index (χ3v) is 3.64. The first kappa shape index (κ1) is 13.1. The van der Waals surface area contributed by atoms with Gasteiger partial charge in [0, 0.05) is 20.7 Å². The number of aromatic nitrogens is 1. The molecule has 20 heavy (non-hydrogen) atoms. The Balaban J connectivity index is 1.95. The minimum Gasteiger partial charge on any atom is -0.320 e. The summed E-state index contributed by atoms with van der Waals surface area (Å²) in [4.78, 5) is 16.6. The van der Waals surface area contributed by atoms with E-state index in [-0.39, 0.29) is 5.91 Å². The monoisotopic (exact) mass is 374 g/mol. The Morgan fingerprint density at radius 2 is 1.85 bits per heavy atom. The van der Waals surface area contributed by atoms with Crippen molar-refractivity contribution in [3.8, 4) is 0 Å². The maximum Gasteiger partial charge on any atom is 0.255 e. The molecule has 4 heteroatoms. The van der Waals surface area contributed by atoms with Crippen molar-refractivity contribution in [1.29, 1.82) is 0 Å². The highest BCUT2D eigenvalue weighted by Crippen LogP contribution is 2.21. The van der Waals surface area contributed by atoms with Crippen LogP contribution in [0, 0.1) is 3.57 Å². The highest BCUT2D eigenvalue weighted by molar-refractivity contribution is 14.1. The summed E-state index contributed by atoms with van der Waals surface area (Å²) in [6.45, 7) is 0. The van der Waals surface area contributed by atoms with Crippen LogP contribution in [-0.4, -0.2) is 10.9 Å². The van der Waals surface area contributed by atoms with Gasteiger partial charge in [-0.15, -0.1) is 0 Å². The first-order valence-corrected chi connectivity index (χ1v) is 7.22. The molecule has 0 saturated heterocycles. The van der Waals surface area contributed by atoms with Gasteiger partial charge in [-0.05, 0) is 52.9 Å². The second kappa shape index (κ2) is 5.58. The van der Waals surface area contributed by atoms with Crippen LogP contribution >= 0.6 is 22.6 Å². The van der Waals surface area contributed by atoms with Crippen molar-refractivity contribution in [2.45, 2.75) is 0 Å². The molecule has 98 valence electrons. The average Bonchev–Trinajstić information content (AvgIpc) is 2.47. The number of rotatable bonds is 2. The van der Waals surface area contributed by atoms with E-state index in [1.165, 1.54) is 0 Å². The molecule has 0 unspecified atom stereocenters. The van der Waals surface area contributed by atoms with Gasteiger partial charge in [0.2, 0.25) is 0 Å². The van der Waals surface area contributed by atoms with E-state index in [0.29, 0.717) is 5.56 Å². The normalized spacial score (nSPS) is 10.4. The van der Waals surface area contributed by atoms with Crippen LogP contribution < -0.4 is 5.32 Å². The van der Waals surface area contributed by atoms with Gasteiger partial charge in [-0.1, -0.05) is 24.3 Å². The molecule has 0 saturated carbocycles. The predicted molar refractivity (Wildman–Crippen MR) is 88.9 cm³/mol. The number of hydrogen-bond acceptors (Lipinski definition) is 2. The molecule has 1 heterocycles. The number of anilines is 1. The molecule has 1 amide bonds. The molecule has 1 aromatic heterocycles. The molecule has 2 aromatic carbocycles. The van der Waals surface area contributed by atoms with Crippen molar-refractivity contribution in [1.82, 2.24) is 4.98 Å². The lowest BCUT2D eigenvalue weighted by Gasteiger charge is -2.08. The van der Waals surface area contributed by atoms with Crippen LogP contribution in [-0.2, 0) is 0 Å². The maximum absolute atomic E-state index is 12.3. The fourth-order valence-corrected chi connectivity index (χ4v) is 2.57. The van der Waals surface area contributed by atoms with Gasteiger partial charge in [-0.2, -0.15) is 0 Å². The van der Waals surface area contributed by atoms with E-state index < -0.39 is 0 Å². The summed E-state index contributed by atoms with van der Waals surface area (Å²) in [6.07, 6.45) is 1.73. The lowest BCUT2D eigenvalue weighted by Crippen LogP contribution is -2.12. The van der Waals surface area contributed by atoms with Crippen LogP contribution in [0.15, 0.2) is 60.8 Å². The number of carbonyl (C=O) groups excluding carboxylic acids is 1. The molecule has 3 nitrogen and oxygen atoms in total. The summed E-state index contributed by atoms with van der Waals surface area (Å²) in [7, 11) is 0. The molecule has 0 atom stereocenters. The first-order chi connectivity index (χ1) is 9.74. The van der Waals surface area contributed by atoms with E-state index in [4.69, 9.17) is 0 Å². The van der Waals surface area contributed by atoms with E-state index in [1.807, 2.05) is 48.5 Å². The van der Waals surface area contributed by atoms with Crippen molar-refractivity contribution >= 4 is 45.1 Å². The smallest absolute Gasteiger partial charge is 0.255 e. The standard InChI is InChI=1S/C16H11IN2O/c17-13-7-1-5-12(10-13)16(20)19-14-8-2-4-11-6-3-9-18-15(11)14/h1-10H,(H,19,20). The van der Waals surface area contributed by atoms with Crippen LogP contribution in [0.3, 0.4) is 0 Å². The van der Waals surface area contributed by atoms with Crippen LogP contribution in [0.4, 0.5) is 5.69 Å². The van der Waals surface area contributed by atoms with Crippen molar-refractivity contribution in [3.05, 3.63) is 69.9 Å². The number of pyridine rings is 1. The average molecular weight is 374 g/mol. The lowest BCUT2D eigenvalue weighted by atomic mass is 10.1. The quantitative estimate of drug-likeness (QED) is 0.687. The molecule has 0 bridgehead atoms. The zero-order chi connectivity index (χ0) is 13.9. The lowest BCUT2D eigenvalue weighted by molar-refractivity contribution is 0.102. The van der Waals surface area contributed by atoms with Gasteiger partial charge in [-0.3, -0.25) is 9.78 Å². The molecule has 1 N–H and O–H groups in total. The molecular formula is C16H11IN2O. The molecule has 3 rings (SSSR count). The number of benzene rings is 2. The zero-order valence-electron chi connectivity index (χ0n) is 10.5. The highest BCUT2D eigenvalue weighted by Gasteiger charge is 2.08. The summed E-state index contributed by atoms with van der Waals surface area (Å²) in [6, 6.07) is 17.1. The molecule has 0 aliphatic carbocycles. The van der Waals surface area contributed by atoms with Gasteiger partial charge in [0.05, 0.1) is 11.2 Å². The SMILES string of the molecule is O=C(Nc1cccc2cccnc12)c1cccc(I)c1. The number of nitrogens with zero attached hydrogens (tertiary/aromatic N) is 1. The van der Waals surface area contributed by atoms with Crippen LogP contribution in [0.1, 0.15) is 10.4 Å². The second-order valence-electron chi connectivity index (χ2n) is 4.35. The largest absolute Gasteiger partial charge is 0.320 e. The van der Waals surface area contributed by atoms with Gasteiger partial charge in [0.1, 0.15) is 0 Å². The Hall–Kier alpha value is -1.95. The van der Waals surface area contributed by atoms with Gasteiger partial charge < -0.3 is 5.32 Å². The number of amides is 1.